The van der Waals surface area contributed by atoms with E-state index < -0.39 is 0 Å². The third kappa shape index (κ3) is 5.30. The van der Waals surface area contributed by atoms with Crippen molar-refractivity contribution in [3.05, 3.63) is 46.0 Å². The van der Waals surface area contributed by atoms with E-state index in [0.717, 1.165) is 44.1 Å². The summed E-state index contributed by atoms with van der Waals surface area (Å²) in [5.74, 6) is 2.08. The highest BCUT2D eigenvalue weighted by atomic mass is 32.1. The molecule has 0 unspecified atom stereocenters. The zero-order valence-corrected chi connectivity index (χ0v) is 14.1. The van der Waals surface area contributed by atoms with Crippen LogP contribution in [0.5, 0.6) is 0 Å². The summed E-state index contributed by atoms with van der Waals surface area (Å²) in [6, 6.07) is 9.00. The van der Waals surface area contributed by atoms with Gasteiger partial charge < -0.3 is 9.73 Å². The summed E-state index contributed by atoms with van der Waals surface area (Å²) in [6.45, 7) is 10.3. The van der Waals surface area contributed by atoms with Crippen molar-refractivity contribution in [2.45, 2.75) is 52.9 Å². The summed E-state index contributed by atoms with van der Waals surface area (Å²) in [7, 11) is 0. The monoisotopic (exact) mass is 306 g/mol. The predicted octanol–water partition coefficient (Wildman–Crippen LogP) is 4.25. The van der Waals surface area contributed by atoms with Gasteiger partial charge in [0.1, 0.15) is 11.5 Å². The Hall–Kier alpha value is -1.10. The smallest absolute Gasteiger partial charge is 0.118 e. The Kier molecular flexibility index (Phi) is 6.49. The van der Waals surface area contributed by atoms with E-state index in [9.17, 15) is 0 Å². The summed E-state index contributed by atoms with van der Waals surface area (Å²) in [5, 5.41) is 5.51. The first-order chi connectivity index (χ1) is 10.2. The van der Waals surface area contributed by atoms with Gasteiger partial charge >= 0.3 is 0 Å². The Balaban J connectivity index is 1.91. The number of furan rings is 1. The van der Waals surface area contributed by atoms with Gasteiger partial charge in [-0.25, -0.2) is 0 Å². The Bertz CT molecular complexity index is 505. The van der Waals surface area contributed by atoms with E-state index in [1.165, 1.54) is 4.88 Å². The molecule has 0 saturated heterocycles. The largest absolute Gasteiger partial charge is 0.463 e. The lowest BCUT2D eigenvalue weighted by molar-refractivity contribution is 0.188. The van der Waals surface area contributed by atoms with Crippen LogP contribution in [0.15, 0.2) is 34.1 Å². The van der Waals surface area contributed by atoms with Gasteiger partial charge in [-0.3, -0.25) is 4.90 Å². The molecule has 0 saturated carbocycles. The minimum atomic E-state index is 0.499. The van der Waals surface area contributed by atoms with Crippen molar-refractivity contribution in [1.82, 2.24) is 10.2 Å². The highest BCUT2D eigenvalue weighted by molar-refractivity contribution is 7.09. The van der Waals surface area contributed by atoms with E-state index in [1.807, 2.05) is 11.3 Å². The third-order valence-corrected chi connectivity index (χ3v) is 4.33. The zero-order valence-electron chi connectivity index (χ0n) is 13.3. The first kappa shape index (κ1) is 16.3. The molecule has 0 spiro atoms. The van der Waals surface area contributed by atoms with Crippen LogP contribution in [-0.2, 0) is 19.6 Å². The molecule has 2 aromatic rings. The maximum absolute atomic E-state index is 5.93. The molecule has 0 fully saturated rings. The van der Waals surface area contributed by atoms with Crippen molar-refractivity contribution in [2.75, 3.05) is 6.54 Å². The van der Waals surface area contributed by atoms with E-state index in [1.54, 1.807) is 0 Å². The average molecular weight is 306 g/mol. The normalized spacial score (nSPS) is 11.7. The van der Waals surface area contributed by atoms with Gasteiger partial charge in [0.05, 0.1) is 13.1 Å². The third-order valence-electron chi connectivity index (χ3n) is 3.47. The standard InChI is InChI=1S/C17H26N2OS/c1-4-9-18-11-15-7-8-16(20-15)12-19(14(2)3)13-17-6-5-10-21-17/h5-8,10,14,18H,4,9,11-13H2,1-3H3. The molecule has 0 aliphatic heterocycles. The van der Waals surface area contributed by atoms with Crippen LogP contribution in [0.25, 0.3) is 0 Å². The highest BCUT2D eigenvalue weighted by Crippen LogP contribution is 2.18. The molecule has 3 nitrogen and oxygen atoms in total. The molecule has 0 bridgehead atoms. The number of nitrogens with zero attached hydrogens (tertiary/aromatic N) is 1. The molecule has 0 aromatic carbocycles. The van der Waals surface area contributed by atoms with Crippen LogP contribution in [0.4, 0.5) is 0 Å². The molecule has 4 heteroatoms. The van der Waals surface area contributed by atoms with Gasteiger partial charge in [-0.2, -0.15) is 0 Å². The van der Waals surface area contributed by atoms with Crippen molar-refractivity contribution in [3.8, 4) is 0 Å². The SMILES string of the molecule is CCCNCc1ccc(CN(Cc2cccs2)C(C)C)o1. The van der Waals surface area contributed by atoms with Crippen molar-refractivity contribution in [2.24, 2.45) is 0 Å². The molecule has 0 aliphatic rings. The number of hydrogen-bond donors (Lipinski definition) is 1. The molecular formula is C17H26N2OS. The Morgan fingerprint density at radius 2 is 2.00 bits per heavy atom. The molecule has 0 amide bonds. The second kappa shape index (κ2) is 8.37. The number of hydrogen-bond acceptors (Lipinski definition) is 4. The van der Waals surface area contributed by atoms with Crippen molar-refractivity contribution >= 4 is 11.3 Å². The molecule has 21 heavy (non-hydrogen) atoms. The molecule has 2 heterocycles. The lowest BCUT2D eigenvalue weighted by Crippen LogP contribution is -2.29. The Morgan fingerprint density at radius 3 is 2.67 bits per heavy atom. The molecular weight excluding hydrogens is 280 g/mol. The van der Waals surface area contributed by atoms with E-state index in [-0.39, 0.29) is 0 Å². The molecule has 0 atom stereocenters. The van der Waals surface area contributed by atoms with E-state index in [0.29, 0.717) is 6.04 Å². The lowest BCUT2D eigenvalue weighted by atomic mass is 10.2. The van der Waals surface area contributed by atoms with Crippen LogP contribution in [0.1, 0.15) is 43.6 Å². The summed E-state index contributed by atoms with van der Waals surface area (Å²) >= 11 is 1.82. The van der Waals surface area contributed by atoms with Crippen molar-refractivity contribution in [1.29, 1.82) is 0 Å². The van der Waals surface area contributed by atoms with Gasteiger partial charge in [0.2, 0.25) is 0 Å². The van der Waals surface area contributed by atoms with Crippen molar-refractivity contribution in [3.63, 3.8) is 0 Å². The van der Waals surface area contributed by atoms with Gasteiger partial charge in [-0.05, 0) is 50.4 Å². The van der Waals surface area contributed by atoms with Crippen LogP contribution in [0.2, 0.25) is 0 Å². The minimum absolute atomic E-state index is 0.499. The Labute approximate surface area is 132 Å². The maximum atomic E-state index is 5.93. The molecule has 0 aliphatic carbocycles. The fourth-order valence-electron chi connectivity index (χ4n) is 2.21. The van der Waals surface area contributed by atoms with Gasteiger partial charge in [0, 0.05) is 17.5 Å². The van der Waals surface area contributed by atoms with Crippen LogP contribution in [0, 0.1) is 0 Å². The van der Waals surface area contributed by atoms with Gasteiger partial charge in [-0.15, -0.1) is 11.3 Å². The molecule has 2 aromatic heterocycles. The van der Waals surface area contributed by atoms with Crippen molar-refractivity contribution < 1.29 is 4.42 Å². The maximum Gasteiger partial charge on any atom is 0.118 e. The summed E-state index contributed by atoms with van der Waals surface area (Å²) in [4.78, 5) is 3.84. The fraction of sp³-hybridized carbons (Fsp3) is 0.529. The van der Waals surface area contributed by atoms with E-state index in [2.05, 4.69) is 60.6 Å². The average Bonchev–Trinajstić information content (AvgIpc) is 3.10. The molecule has 0 radical (unpaired) electrons. The van der Waals surface area contributed by atoms with E-state index >= 15 is 0 Å². The second-order valence-corrected chi connectivity index (χ2v) is 6.66. The minimum Gasteiger partial charge on any atom is -0.463 e. The highest BCUT2D eigenvalue weighted by Gasteiger charge is 2.13. The van der Waals surface area contributed by atoms with Gasteiger partial charge in [0.15, 0.2) is 0 Å². The van der Waals surface area contributed by atoms with Crippen LogP contribution >= 0.6 is 11.3 Å². The summed E-state index contributed by atoms with van der Waals surface area (Å²) in [6.07, 6.45) is 1.15. The first-order valence-corrected chi connectivity index (χ1v) is 8.61. The Morgan fingerprint density at radius 1 is 1.19 bits per heavy atom. The quantitative estimate of drug-likeness (QED) is 0.702. The number of thiophene rings is 1. The predicted molar refractivity (Wildman–Crippen MR) is 89.4 cm³/mol. The number of rotatable bonds is 9. The fourth-order valence-corrected chi connectivity index (χ4v) is 2.94. The van der Waals surface area contributed by atoms with Crippen LogP contribution < -0.4 is 5.32 Å². The van der Waals surface area contributed by atoms with Gasteiger partial charge in [0.25, 0.3) is 0 Å². The summed E-state index contributed by atoms with van der Waals surface area (Å²) < 4.78 is 5.93. The summed E-state index contributed by atoms with van der Waals surface area (Å²) in [5.41, 5.74) is 0. The zero-order chi connectivity index (χ0) is 15.1. The molecule has 1 N–H and O–H groups in total. The van der Waals surface area contributed by atoms with E-state index in [4.69, 9.17) is 4.42 Å². The van der Waals surface area contributed by atoms with Gasteiger partial charge in [-0.1, -0.05) is 13.0 Å². The topological polar surface area (TPSA) is 28.4 Å². The van der Waals surface area contributed by atoms with Crippen LogP contribution in [0.3, 0.4) is 0 Å². The van der Waals surface area contributed by atoms with Crippen LogP contribution in [-0.4, -0.2) is 17.5 Å². The number of nitrogens with one attached hydrogen (secondary N) is 1. The molecule has 116 valence electrons. The molecule has 2 rings (SSSR count). The first-order valence-electron chi connectivity index (χ1n) is 7.73. The lowest BCUT2D eigenvalue weighted by Gasteiger charge is -2.24. The second-order valence-electron chi connectivity index (χ2n) is 5.62.